The summed E-state index contributed by atoms with van der Waals surface area (Å²) in [5.74, 6) is -0.124. The van der Waals surface area contributed by atoms with Gasteiger partial charge in [-0.2, -0.15) is 0 Å². The third kappa shape index (κ3) is 2.95. The molecule has 3 N–H and O–H groups in total. The summed E-state index contributed by atoms with van der Waals surface area (Å²) in [7, 11) is 0. The lowest BCUT2D eigenvalue weighted by Gasteiger charge is -2.22. The van der Waals surface area contributed by atoms with Gasteiger partial charge >= 0.3 is 0 Å². The lowest BCUT2D eigenvalue weighted by atomic mass is 10.2. The minimum atomic E-state index is -0.124. The van der Waals surface area contributed by atoms with E-state index in [1.54, 1.807) is 5.38 Å². The van der Waals surface area contributed by atoms with Crippen LogP contribution in [0.1, 0.15) is 30.3 Å². The highest BCUT2D eigenvalue weighted by Gasteiger charge is 2.23. The van der Waals surface area contributed by atoms with E-state index in [4.69, 9.17) is 5.73 Å². The Hall–Kier alpha value is -1.14. The second-order valence-corrected chi connectivity index (χ2v) is 5.10. The predicted molar refractivity (Wildman–Crippen MR) is 69.1 cm³/mol. The largest absolute Gasteiger partial charge is 0.375 e. The van der Waals surface area contributed by atoms with E-state index in [1.807, 2.05) is 0 Å². The van der Waals surface area contributed by atoms with Crippen molar-refractivity contribution in [1.82, 2.24) is 15.2 Å². The average Bonchev–Trinajstić information content (AvgIpc) is 2.94. The smallest absolute Gasteiger partial charge is 0.270 e. The zero-order valence-electron chi connectivity index (χ0n) is 9.98. The number of nitrogen functional groups attached to an aromatic ring is 1. The number of likely N-dealkylation sites (N-methyl/N-ethyl adjacent to an activating group) is 1. The van der Waals surface area contributed by atoms with Gasteiger partial charge in [-0.15, -0.1) is 11.3 Å². The highest BCUT2D eigenvalue weighted by atomic mass is 32.1. The van der Waals surface area contributed by atoms with Crippen LogP contribution in [0, 0.1) is 0 Å². The second kappa shape index (κ2) is 5.46. The van der Waals surface area contributed by atoms with Crippen LogP contribution in [0.3, 0.4) is 0 Å². The number of rotatable bonds is 4. The fourth-order valence-electron chi connectivity index (χ4n) is 2.24. The number of aromatic nitrogens is 1. The van der Waals surface area contributed by atoms with Gasteiger partial charge in [-0.05, 0) is 25.9 Å². The number of nitrogens with two attached hydrogens (primary N) is 1. The Morgan fingerprint density at radius 1 is 1.76 bits per heavy atom. The summed E-state index contributed by atoms with van der Waals surface area (Å²) in [6.45, 7) is 5.04. The van der Waals surface area contributed by atoms with Gasteiger partial charge in [0, 0.05) is 18.0 Å². The minimum absolute atomic E-state index is 0.124. The van der Waals surface area contributed by atoms with E-state index < -0.39 is 0 Å². The molecule has 2 heterocycles. The third-order valence-electron chi connectivity index (χ3n) is 3.16. The molecular formula is C11H18N4OS. The van der Waals surface area contributed by atoms with Gasteiger partial charge < -0.3 is 11.1 Å². The molecule has 94 valence electrons. The number of thiazole rings is 1. The maximum Gasteiger partial charge on any atom is 0.270 e. The molecule has 5 nitrogen and oxygen atoms in total. The van der Waals surface area contributed by atoms with Crippen LogP contribution in [0.2, 0.25) is 0 Å². The first-order chi connectivity index (χ1) is 8.20. The van der Waals surface area contributed by atoms with Gasteiger partial charge in [0.05, 0.1) is 0 Å². The number of anilines is 1. The molecule has 2 rings (SSSR count). The Labute approximate surface area is 105 Å². The van der Waals surface area contributed by atoms with E-state index in [2.05, 4.69) is 22.1 Å². The molecule has 0 aliphatic carbocycles. The number of carbonyl (C=O) groups is 1. The normalized spacial score (nSPS) is 20.6. The maximum atomic E-state index is 11.8. The van der Waals surface area contributed by atoms with Crippen molar-refractivity contribution < 1.29 is 4.79 Å². The lowest BCUT2D eigenvalue weighted by Crippen LogP contribution is -2.40. The molecule has 1 saturated heterocycles. The van der Waals surface area contributed by atoms with E-state index in [0.29, 0.717) is 23.4 Å². The summed E-state index contributed by atoms with van der Waals surface area (Å²) in [5.41, 5.74) is 5.92. The molecule has 0 saturated carbocycles. The van der Waals surface area contributed by atoms with Crippen LogP contribution < -0.4 is 11.1 Å². The Kier molecular flexibility index (Phi) is 3.96. The van der Waals surface area contributed by atoms with Crippen molar-refractivity contribution in [1.29, 1.82) is 0 Å². The van der Waals surface area contributed by atoms with Crippen LogP contribution in [-0.2, 0) is 0 Å². The summed E-state index contributed by atoms with van der Waals surface area (Å²) in [6.07, 6.45) is 2.38. The molecule has 1 aromatic rings. The quantitative estimate of drug-likeness (QED) is 0.839. The fourth-order valence-corrected chi connectivity index (χ4v) is 2.78. The maximum absolute atomic E-state index is 11.8. The van der Waals surface area contributed by atoms with Gasteiger partial charge in [-0.1, -0.05) is 6.92 Å². The molecule has 0 bridgehead atoms. The van der Waals surface area contributed by atoms with Crippen LogP contribution in [0.25, 0.3) is 0 Å². The number of hydrogen-bond donors (Lipinski definition) is 2. The van der Waals surface area contributed by atoms with Gasteiger partial charge in [0.25, 0.3) is 5.91 Å². The van der Waals surface area contributed by atoms with Crippen LogP contribution in [0.4, 0.5) is 5.13 Å². The second-order valence-electron chi connectivity index (χ2n) is 4.21. The summed E-state index contributed by atoms with van der Waals surface area (Å²) >= 11 is 1.29. The van der Waals surface area contributed by atoms with Crippen molar-refractivity contribution >= 4 is 22.4 Å². The summed E-state index contributed by atoms with van der Waals surface area (Å²) in [5, 5.41) is 5.05. The van der Waals surface area contributed by atoms with Crippen LogP contribution in [0.5, 0.6) is 0 Å². The lowest BCUT2D eigenvalue weighted by molar-refractivity contribution is 0.0937. The molecule has 6 heteroatoms. The first-order valence-electron chi connectivity index (χ1n) is 5.94. The number of likely N-dealkylation sites (tertiary alicyclic amines) is 1. The van der Waals surface area contributed by atoms with Crippen molar-refractivity contribution in [3.8, 4) is 0 Å². The van der Waals surface area contributed by atoms with E-state index in [9.17, 15) is 4.79 Å². The molecule has 1 amide bonds. The van der Waals surface area contributed by atoms with Crippen molar-refractivity contribution in [2.75, 3.05) is 25.4 Å². The zero-order chi connectivity index (χ0) is 12.3. The Morgan fingerprint density at radius 2 is 2.59 bits per heavy atom. The van der Waals surface area contributed by atoms with Gasteiger partial charge in [0.1, 0.15) is 5.69 Å². The number of nitrogens with one attached hydrogen (secondary N) is 1. The Morgan fingerprint density at radius 3 is 3.24 bits per heavy atom. The molecule has 1 unspecified atom stereocenters. The van der Waals surface area contributed by atoms with E-state index >= 15 is 0 Å². The molecule has 1 aromatic heterocycles. The predicted octanol–water partition coefficient (Wildman–Crippen LogP) is 0.939. The van der Waals surface area contributed by atoms with E-state index in [0.717, 1.165) is 19.5 Å². The monoisotopic (exact) mass is 254 g/mol. The minimum Gasteiger partial charge on any atom is -0.375 e. The third-order valence-corrected chi connectivity index (χ3v) is 3.83. The standard InChI is InChI=1S/C11H18N4OS/c1-2-15-5-3-4-8(15)6-13-10(16)9-7-17-11(12)14-9/h7-8H,2-6H2,1H3,(H2,12,14)(H,13,16). The van der Waals surface area contributed by atoms with Crippen LogP contribution in [0.15, 0.2) is 5.38 Å². The van der Waals surface area contributed by atoms with Crippen LogP contribution in [-0.4, -0.2) is 41.5 Å². The molecule has 0 spiro atoms. The number of hydrogen-bond acceptors (Lipinski definition) is 5. The highest BCUT2D eigenvalue weighted by molar-refractivity contribution is 7.13. The van der Waals surface area contributed by atoms with Crippen LogP contribution >= 0.6 is 11.3 Å². The average molecular weight is 254 g/mol. The summed E-state index contributed by atoms with van der Waals surface area (Å²) in [6, 6.07) is 0.472. The molecule has 17 heavy (non-hydrogen) atoms. The van der Waals surface area contributed by atoms with Crippen molar-refractivity contribution in [2.24, 2.45) is 0 Å². The SMILES string of the molecule is CCN1CCCC1CNC(=O)c1csc(N)n1. The summed E-state index contributed by atoms with van der Waals surface area (Å²) < 4.78 is 0. The molecule has 0 aromatic carbocycles. The molecule has 1 fully saturated rings. The zero-order valence-corrected chi connectivity index (χ0v) is 10.8. The Balaban J connectivity index is 1.84. The van der Waals surface area contributed by atoms with Gasteiger partial charge in [-0.25, -0.2) is 4.98 Å². The van der Waals surface area contributed by atoms with E-state index in [1.165, 1.54) is 17.8 Å². The van der Waals surface area contributed by atoms with Gasteiger partial charge in [-0.3, -0.25) is 9.69 Å². The van der Waals surface area contributed by atoms with Gasteiger partial charge in [0.2, 0.25) is 0 Å². The highest BCUT2D eigenvalue weighted by Crippen LogP contribution is 2.16. The first-order valence-corrected chi connectivity index (χ1v) is 6.82. The number of nitrogens with zero attached hydrogens (tertiary/aromatic N) is 2. The number of amides is 1. The molecule has 0 radical (unpaired) electrons. The topological polar surface area (TPSA) is 71.2 Å². The van der Waals surface area contributed by atoms with Crippen molar-refractivity contribution in [3.63, 3.8) is 0 Å². The molecule has 1 aliphatic rings. The van der Waals surface area contributed by atoms with Crippen molar-refractivity contribution in [3.05, 3.63) is 11.1 Å². The molecule has 1 aliphatic heterocycles. The fraction of sp³-hybridized carbons (Fsp3) is 0.636. The number of carbonyl (C=O) groups excluding carboxylic acids is 1. The van der Waals surface area contributed by atoms with Crippen molar-refractivity contribution in [2.45, 2.75) is 25.8 Å². The Bertz CT molecular complexity index is 393. The molecular weight excluding hydrogens is 236 g/mol. The van der Waals surface area contributed by atoms with E-state index in [-0.39, 0.29) is 5.91 Å². The molecule has 1 atom stereocenters. The first kappa shape index (κ1) is 12.3. The van der Waals surface area contributed by atoms with Gasteiger partial charge in [0.15, 0.2) is 5.13 Å². The summed E-state index contributed by atoms with van der Waals surface area (Å²) in [4.78, 5) is 18.1.